The third-order valence-corrected chi connectivity index (χ3v) is 9.02. The molecule has 0 fully saturated rings. The Kier molecular flexibility index (Phi) is 10.9. The van der Waals surface area contributed by atoms with Crippen molar-refractivity contribution in [3.8, 4) is 16.9 Å². The number of hydrogen-bond acceptors (Lipinski definition) is 5. The molecule has 5 aromatic rings. The molecule has 0 amide bonds. The highest BCUT2D eigenvalue weighted by Crippen LogP contribution is 2.42. The van der Waals surface area contributed by atoms with Gasteiger partial charge in [0.15, 0.2) is 0 Å². The number of benzene rings is 4. The molecule has 0 aliphatic carbocycles. The molecule has 0 unspecified atom stereocenters. The maximum Gasteiger partial charge on any atom is 0.416 e. The van der Waals surface area contributed by atoms with Crippen LogP contribution in [0.5, 0.6) is 5.75 Å². The molecule has 0 saturated heterocycles. The number of hydrogen-bond donors (Lipinski definition) is 2. The average molecular weight is 665 g/mol. The van der Waals surface area contributed by atoms with Crippen LogP contribution >= 0.6 is 23.4 Å². The number of aromatic hydroxyl groups is 1. The first-order valence-corrected chi connectivity index (χ1v) is 16.2. The normalized spacial score (nSPS) is 11.8. The van der Waals surface area contributed by atoms with Crippen LogP contribution in [-0.4, -0.2) is 39.6 Å². The number of nitrogens with one attached hydrogen (secondary N) is 1. The minimum atomic E-state index is -4.63. The highest BCUT2D eigenvalue weighted by molar-refractivity contribution is 8.00. The van der Waals surface area contributed by atoms with E-state index in [0.717, 1.165) is 43.4 Å². The molecule has 4 aromatic carbocycles. The van der Waals surface area contributed by atoms with Crippen LogP contribution in [0.15, 0.2) is 107 Å². The minimum absolute atomic E-state index is 0.0336. The van der Waals surface area contributed by atoms with Crippen LogP contribution in [0, 0.1) is 0 Å². The lowest BCUT2D eigenvalue weighted by atomic mass is 9.98. The summed E-state index contributed by atoms with van der Waals surface area (Å²) in [6, 6.07) is 27.5. The van der Waals surface area contributed by atoms with Crippen molar-refractivity contribution in [3.63, 3.8) is 0 Å². The van der Waals surface area contributed by atoms with E-state index in [9.17, 15) is 27.9 Å². The van der Waals surface area contributed by atoms with Gasteiger partial charge >= 0.3 is 6.18 Å². The number of thioether (sulfide) groups is 1. The molecule has 0 atom stereocenters. The third-order valence-electron chi connectivity index (χ3n) is 7.64. The number of phenolic OH excluding ortho intramolecular Hbond substituents is 1. The van der Waals surface area contributed by atoms with E-state index >= 15 is 0 Å². The first kappa shape index (κ1) is 33.3. The number of Topliss-reactive ketones (excluding diaryl/α,β-unsaturated/α-hetero) is 1. The summed E-state index contributed by atoms with van der Waals surface area (Å²) in [5, 5.41) is 11.0. The third kappa shape index (κ3) is 8.60. The van der Waals surface area contributed by atoms with Crippen LogP contribution in [0.2, 0.25) is 5.02 Å². The Hall–Kier alpha value is -4.05. The van der Waals surface area contributed by atoms with Crippen molar-refractivity contribution < 1.29 is 23.1 Å². The fourth-order valence-electron chi connectivity index (χ4n) is 5.33. The highest BCUT2D eigenvalue weighted by atomic mass is 35.5. The van der Waals surface area contributed by atoms with Gasteiger partial charge in [-0.2, -0.15) is 13.2 Å². The first-order chi connectivity index (χ1) is 22.1. The number of H-pyrrole nitrogens is 1. The number of pyridine rings is 1. The summed E-state index contributed by atoms with van der Waals surface area (Å²) < 4.78 is 41.0. The minimum Gasteiger partial charge on any atom is -0.507 e. The van der Waals surface area contributed by atoms with E-state index in [4.69, 9.17) is 11.6 Å². The molecule has 1 heterocycles. The van der Waals surface area contributed by atoms with Crippen LogP contribution in [0.3, 0.4) is 0 Å². The van der Waals surface area contributed by atoms with Gasteiger partial charge in [-0.1, -0.05) is 72.3 Å². The zero-order valence-electron chi connectivity index (χ0n) is 24.8. The number of aromatic nitrogens is 1. The molecule has 0 saturated carbocycles. The summed E-state index contributed by atoms with van der Waals surface area (Å²) in [6.45, 7) is 2.26. The molecule has 46 heavy (non-hydrogen) atoms. The van der Waals surface area contributed by atoms with Crippen LogP contribution in [0.4, 0.5) is 13.2 Å². The number of carbonyl (C=O) groups is 1. The molecule has 0 aliphatic heterocycles. The molecule has 0 radical (unpaired) electrons. The van der Waals surface area contributed by atoms with Gasteiger partial charge in [-0.15, -0.1) is 11.8 Å². The van der Waals surface area contributed by atoms with Crippen LogP contribution in [-0.2, 0) is 23.9 Å². The Balaban J connectivity index is 1.33. The van der Waals surface area contributed by atoms with Gasteiger partial charge in [-0.25, -0.2) is 0 Å². The summed E-state index contributed by atoms with van der Waals surface area (Å²) in [7, 11) is 0. The zero-order valence-corrected chi connectivity index (χ0v) is 26.4. The average Bonchev–Trinajstić information content (AvgIpc) is 3.04. The topological polar surface area (TPSA) is 73.4 Å². The van der Waals surface area contributed by atoms with Crippen molar-refractivity contribution in [2.45, 2.75) is 36.9 Å². The number of halogens is 4. The van der Waals surface area contributed by atoms with Gasteiger partial charge in [-0.3, -0.25) is 14.5 Å². The van der Waals surface area contributed by atoms with Crippen molar-refractivity contribution >= 4 is 40.0 Å². The second-order valence-electron chi connectivity index (χ2n) is 11.0. The number of rotatable bonds is 13. The number of phenols is 1. The summed E-state index contributed by atoms with van der Waals surface area (Å²) in [6.07, 6.45) is -2.88. The van der Waals surface area contributed by atoms with Crippen molar-refractivity contribution in [2.75, 3.05) is 18.8 Å². The fourth-order valence-corrected chi connectivity index (χ4v) is 6.50. The second kappa shape index (κ2) is 15.0. The Labute approximate surface area is 274 Å². The largest absolute Gasteiger partial charge is 0.507 e. The standard InChI is InChI=1S/C36H32ClF3N2O3S/c37-27-14-16-32(44)30(21-27)33-29-20-26(36(38,39)40)13-15-31(29)41-35(45)34(33)46-23-28(43)12-7-18-42(22-25-10-5-2-6-11-25)19-17-24-8-3-1-4-9-24/h1-6,8-11,13-16,20-21,44H,7,12,17-19,22-23H2,(H,41,45). The predicted octanol–water partition coefficient (Wildman–Crippen LogP) is 8.76. The summed E-state index contributed by atoms with van der Waals surface area (Å²) in [4.78, 5) is 31.3. The van der Waals surface area contributed by atoms with E-state index in [2.05, 4.69) is 34.1 Å². The number of carbonyl (C=O) groups excluding carboxylic acids is 1. The maximum atomic E-state index is 13.7. The zero-order chi connectivity index (χ0) is 32.7. The van der Waals surface area contributed by atoms with E-state index in [0.29, 0.717) is 13.0 Å². The van der Waals surface area contributed by atoms with E-state index < -0.39 is 17.3 Å². The number of alkyl halides is 3. The van der Waals surface area contributed by atoms with Gasteiger partial charge in [0.05, 0.1) is 16.2 Å². The number of nitrogens with zero attached hydrogens (tertiary/aromatic N) is 1. The number of fused-ring (bicyclic) bond motifs is 1. The number of ketones is 1. The van der Waals surface area contributed by atoms with E-state index in [-0.39, 0.29) is 55.7 Å². The molecule has 0 aliphatic rings. The van der Waals surface area contributed by atoms with E-state index in [1.165, 1.54) is 35.4 Å². The molecule has 0 bridgehead atoms. The van der Waals surface area contributed by atoms with Crippen molar-refractivity contribution in [2.24, 2.45) is 0 Å². The Morgan fingerprint density at radius 3 is 2.28 bits per heavy atom. The first-order valence-electron chi connectivity index (χ1n) is 14.8. The Morgan fingerprint density at radius 2 is 1.59 bits per heavy atom. The molecule has 1 aromatic heterocycles. The lowest BCUT2D eigenvalue weighted by molar-refractivity contribution is -0.137. The van der Waals surface area contributed by atoms with E-state index in [1.54, 1.807) is 0 Å². The molecule has 5 rings (SSSR count). The fraction of sp³-hybridized carbons (Fsp3) is 0.222. The van der Waals surface area contributed by atoms with Crippen molar-refractivity contribution in [1.82, 2.24) is 9.88 Å². The highest BCUT2D eigenvalue weighted by Gasteiger charge is 2.31. The van der Waals surface area contributed by atoms with Crippen LogP contribution in [0.25, 0.3) is 22.0 Å². The van der Waals surface area contributed by atoms with Gasteiger partial charge in [0.2, 0.25) is 0 Å². The van der Waals surface area contributed by atoms with Crippen LogP contribution < -0.4 is 5.56 Å². The lowest BCUT2D eigenvalue weighted by Crippen LogP contribution is -2.27. The van der Waals surface area contributed by atoms with E-state index in [1.807, 2.05) is 36.4 Å². The Bertz CT molecular complexity index is 1860. The van der Waals surface area contributed by atoms with Crippen LogP contribution in [0.1, 0.15) is 29.5 Å². The Morgan fingerprint density at radius 1 is 0.891 bits per heavy atom. The lowest BCUT2D eigenvalue weighted by Gasteiger charge is -2.22. The molecule has 238 valence electrons. The summed E-state index contributed by atoms with van der Waals surface area (Å²) >= 11 is 7.14. The van der Waals surface area contributed by atoms with Gasteiger partial charge < -0.3 is 10.1 Å². The number of aromatic amines is 1. The summed E-state index contributed by atoms with van der Waals surface area (Å²) in [5.74, 6) is -0.418. The van der Waals surface area contributed by atoms with Crippen molar-refractivity contribution in [1.29, 1.82) is 0 Å². The molecule has 10 heteroatoms. The quantitative estimate of drug-likeness (QED) is 0.123. The van der Waals surface area contributed by atoms with Gasteiger partial charge in [0, 0.05) is 46.6 Å². The monoisotopic (exact) mass is 664 g/mol. The molecule has 5 nitrogen and oxygen atoms in total. The SMILES string of the molecule is O=C(CCCN(CCc1ccccc1)Cc1ccccc1)CSc1c(-c2cc(Cl)ccc2O)c2cc(C(F)(F)F)ccc2[nH]c1=O. The predicted molar refractivity (Wildman–Crippen MR) is 179 cm³/mol. The van der Waals surface area contributed by atoms with Gasteiger partial charge in [0.1, 0.15) is 11.5 Å². The van der Waals surface area contributed by atoms with Crippen molar-refractivity contribution in [3.05, 3.63) is 129 Å². The van der Waals surface area contributed by atoms with Gasteiger partial charge in [-0.05, 0) is 66.9 Å². The second-order valence-corrected chi connectivity index (χ2v) is 12.4. The molecular formula is C36H32ClF3N2O3S. The van der Waals surface area contributed by atoms with Gasteiger partial charge in [0.25, 0.3) is 5.56 Å². The molecule has 2 N–H and O–H groups in total. The molecular weight excluding hydrogens is 633 g/mol. The summed E-state index contributed by atoms with van der Waals surface area (Å²) in [5.41, 5.74) is 1.29. The smallest absolute Gasteiger partial charge is 0.416 e. The maximum absolute atomic E-state index is 13.7. The molecule has 0 spiro atoms.